The lowest BCUT2D eigenvalue weighted by Crippen LogP contribution is -2.46. The predicted molar refractivity (Wildman–Crippen MR) is 85.8 cm³/mol. The van der Waals surface area contributed by atoms with Crippen LogP contribution in [0.15, 0.2) is 40.9 Å². The smallest absolute Gasteiger partial charge is 0.328 e. The van der Waals surface area contributed by atoms with Gasteiger partial charge in [-0.3, -0.25) is 9.59 Å². The summed E-state index contributed by atoms with van der Waals surface area (Å²) in [6.07, 6.45) is 1.35. The molecule has 22 heavy (non-hydrogen) atoms. The van der Waals surface area contributed by atoms with Crippen LogP contribution in [-0.2, 0) is 24.5 Å². The van der Waals surface area contributed by atoms with Crippen LogP contribution >= 0.6 is 23.2 Å². The van der Waals surface area contributed by atoms with Gasteiger partial charge in [-0.25, -0.2) is 0 Å². The zero-order valence-corrected chi connectivity index (χ0v) is 14.0. The standard InChI is InChI=1S/C16H18Cl2O4/c1-3-21-14(19)16(11-10-13(17)18,15(20)22-4-2)12-8-6-5-7-9-12/h5-10H,3-4,11H2,1-2H3. The van der Waals surface area contributed by atoms with Crippen LogP contribution in [0.1, 0.15) is 25.8 Å². The summed E-state index contributed by atoms with van der Waals surface area (Å²) in [5.74, 6) is -1.38. The Balaban J connectivity index is 3.44. The molecule has 0 fully saturated rings. The van der Waals surface area contributed by atoms with Crippen molar-refractivity contribution in [2.45, 2.75) is 25.7 Å². The van der Waals surface area contributed by atoms with E-state index in [1.807, 2.05) is 0 Å². The van der Waals surface area contributed by atoms with E-state index in [2.05, 4.69) is 0 Å². The average molecular weight is 345 g/mol. The summed E-state index contributed by atoms with van der Waals surface area (Å²) in [4.78, 5) is 25.1. The molecule has 0 unspecified atom stereocenters. The summed E-state index contributed by atoms with van der Waals surface area (Å²) < 4.78 is 10.2. The maximum atomic E-state index is 12.6. The molecule has 0 N–H and O–H groups in total. The fourth-order valence-corrected chi connectivity index (χ4v) is 2.22. The van der Waals surface area contributed by atoms with Crippen molar-refractivity contribution >= 4 is 35.1 Å². The van der Waals surface area contributed by atoms with Gasteiger partial charge < -0.3 is 9.47 Å². The van der Waals surface area contributed by atoms with Crippen molar-refractivity contribution in [3.8, 4) is 0 Å². The molecule has 6 heteroatoms. The molecule has 1 rings (SSSR count). The Kier molecular flexibility index (Phi) is 7.42. The van der Waals surface area contributed by atoms with E-state index in [0.717, 1.165) is 0 Å². The summed E-state index contributed by atoms with van der Waals surface area (Å²) >= 11 is 11.3. The van der Waals surface area contributed by atoms with Gasteiger partial charge in [0.1, 0.15) is 4.49 Å². The zero-order chi connectivity index (χ0) is 16.6. The maximum Gasteiger partial charge on any atom is 0.328 e. The zero-order valence-electron chi connectivity index (χ0n) is 12.5. The Hall–Kier alpha value is -1.52. The molecule has 0 saturated carbocycles. The Labute approximate surface area is 140 Å². The van der Waals surface area contributed by atoms with Crippen LogP contribution in [0.25, 0.3) is 0 Å². The van der Waals surface area contributed by atoms with Gasteiger partial charge in [0.15, 0.2) is 5.41 Å². The summed E-state index contributed by atoms with van der Waals surface area (Å²) in [6, 6.07) is 8.59. The number of halogens is 2. The van der Waals surface area contributed by atoms with Crippen LogP contribution in [0.3, 0.4) is 0 Å². The normalized spacial score (nSPS) is 10.7. The molecule has 0 saturated heterocycles. The first-order valence-electron chi connectivity index (χ1n) is 6.90. The number of ether oxygens (including phenoxy) is 2. The molecule has 0 spiro atoms. The number of benzene rings is 1. The highest BCUT2D eigenvalue weighted by Crippen LogP contribution is 2.33. The number of esters is 2. The van der Waals surface area contributed by atoms with Crippen molar-refractivity contribution in [3.05, 3.63) is 46.5 Å². The van der Waals surface area contributed by atoms with Crippen LogP contribution in [-0.4, -0.2) is 25.2 Å². The lowest BCUT2D eigenvalue weighted by Gasteiger charge is -2.28. The first kappa shape index (κ1) is 18.5. The highest BCUT2D eigenvalue weighted by molar-refractivity contribution is 6.55. The Morgan fingerprint density at radius 2 is 1.55 bits per heavy atom. The Bertz CT molecular complexity index is 518. The van der Waals surface area contributed by atoms with E-state index in [0.29, 0.717) is 5.56 Å². The molecule has 0 bridgehead atoms. The van der Waals surface area contributed by atoms with Gasteiger partial charge in [0.05, 0.1) is 13.2 Å². The highest BCUT2D eigenvalue weighted by atomic mass is 35.5. The third-order valence-electron chi connectivity index (χ3n) is 3.08. The maximum absolute atomic E-state index is 12.6. The van der Waals surface area contributed by atoms with E-state index in [1.165, 1.54) is 6.08 Å². The molecule has 0 heterocycles. The summed E-state index contributed by atoms with van der Waals surface area (Å²) in [6.45, 7) is 3.63. The lowest BCUT2D eigenvalue weighted by atomic mass is 9.77. The second kappa shape index (κ2) is 8.81. The van der Waals surface area contributed by atoms with Crippen molar-refractivity contribution in [2.24, 2.45) is 0 Å². The number of hydrogen-bond donors (Lipinski definition) is 0. The molecule has 1 aromatic rings. The summed E-state index contributed by atoms with van der Waals surface area (Å²) in [7, 11) is 0. The second-order valence-electron chi connectivity index (χ2n) is 4.41. The van der Waals surface area contributed by atoms with E-state index in [1.54, 1.807) is 44.2 Å². The summed E-state index contributed by atoms with van der Waals surface area (Å²) in [5, 5.41) is 0. The minimum Gasteiger partial charge on any atom is -0.465 e. The number of allylic oxidation sites excluding steroid dienone is 1. The van der Waals surface area contributed by atoms with Gasteiger partial charge in [-0.2, -0.15) is 0 Å². The van der Waals surface area contributed by atoms with Gasteiger partial charge in [-0.1, -0.05) is 59.6 Å². The predicted octanol–water partition coefficient (Wildman–Crippen LogP) is 3.76. The molecule has 0 aromatic heterocycles. The first-order valence-corrected chi connectivity index (χ1v) is 7.65. The molecule has 1 aromatic carbocycles. The lowest BCUT2D eigenvalue weighted by molar-refractivity contribution is -0.164. The number of carbonyl (C=O) groups excluding carboxylic acids is 2. The molecular weight excluding hydrogens is 327 g/mol. The largest absolute Gasteiger partial charge is 0.465 e. The van der Waals surface area contributed by atoms with Crippen molar-refractivity contribution in [3.63, 3.8) is 0 Å². The van der Waals surface area contributed by atoms with Crippen molar-refractivity contribution in [2.75, 3.05) is 13.2 Å². The number of rotatable bonds is 7. The minimum atomic E-state index is -1.62. The van der Waals surface area contributed by atoms with Crippen LogP contribution in [0.5, 0.6) is 0 Å². The van der Waals surface area contributed by atoms with Crippen molar-refractivity contribution < 1.29 is 19.1 Å². The van der Waals surface area contributed by atoms with E-state index >= 15 is 0 Å². The van der Waals surface area contributed by atoms with Gasteiger partial charge in [0, 0.05) is 0 Å². The molecule has 0 radical (unpaired) electrons. The van der Waals surface area contributed by atoms with E-state index in [9.17, 15) is 9.59 Å². The monoisotopic (exact) mass is 344 g/mol. The van der Waals surface area contributed by atoms with Crippen LogP contribution in [0.2, 0.25) is 0 Å². The van der Waals surface area contributed by atoms with Crippen LogP contribution < -0.4 is 0 Å². The van der Waals surface area contributed by atoms with Gasteiger partial charge in [-0.15, -0.1) is 0 Å². The van der Waals surface area contributed by atoms with Gasteiger partial charge in [0.25, 0.3) is 0 Å². The molecule has 0 amide bonds. The second-order valence-corrected chi connectivity index (χ2v) is 5.42. The third kappa shape index (κ3) is 4.24. The van der Waals surface area contributed by atoms with Gasteiger partial charge >= 0.3 is 11.9 Å². The molecule has 120 valence electrons. The van der Waals surface area contributed by atoms with Crippen molar-refractivity contribution in [1.29, 1.82) is 0 Å². The van der Waals surface area contributed by atoms with Crippen LogP contribution in [0.4, 0.5) is 0 Å². The quantitative estimate of drug-likeness (QED) is 0.558. The van der Waals surface area contributed by atoms with E-state index in [4.69, 9.17) is 32.7 Å². The van der Waals surface area contributed by atoms with Gasteiger partial charge in [0.2, 0.25) is 0 Å². The Morgan fingerprint density at radius 1 is 1.05 bits per heavy atom. The minimum absolute atomic E-state index is 0.0334. The fourth-order valence-electron chi connectivity index (χ4n) is 2.07. The first-order chi connectivity index (χ1) is 10.5. The molecular formula is C16H18Cl2O4. The SMILES string of the molecule is CCOC(=O)C(CC=C(Cl)Cl)(C(=O)OCC)c1ccccc1. The van der Waals surface area contributed by atoms with Gasteiger partial charge in [-0.05, 0) is 25.8 Å². The van der Waals surface area contributed by atoms with Crippen LogP contribution in [0, 0.1) is 0 Å². The summed E-state index contributed by atoms with van der Waals surface area (Å²) in [5.41, 5.74) is -1.15. The molecule has 0 aliphatic rings. The third-order valence-corrected chi connectivity index (χ3v) is 3.39. The molecule has 0 aliphatic carbocycles. The molecule has 4 nitrogen and oxygen atoms in total. The van der Waals surface area contributed by atoms with E-state index < -0.39 is 17.4 Å². The topological polar surface area (TPSA) is 52.6 Å². The molecule has 0 aliphatic heterocycles. The van der Waals surface area contributed by atoms with Crippen molar-refractivity contribution in [1.82, 2.24) is 0 Å². The average Bonchev–Trinajstić information content (AvgIpc) is 2.49. The number of hydrogen-bond acceptors (Lipinski definition) is 4. The molecule has 0 atom stereocenters. The Morgan fingerprint density at radius 3 is 1.95 bits per heavy atom. The number of carbonyl (C=O) groups is 2. The fraction of sp³-hybridized carbons (Fsp3) is 0.375. The highest BCUT2D eigenvalue weighted by Gasteiger charge is 2.49. The van der Waals surface area contributed by atoms with E-state index in [-0.39, 0.29) is 24.1 Å².